The second-order valence-corrected chi connectivity index (χ2v) is 4.87. The van der Waals surface area contributed by atoms with Gasteiger partial charge in [-0.2, -0.15) is 0 Å². The molecule has 0 aliphatic carbocycles. The molecule has 0 unspecified atom stereocenters. The van der Waals surface area contributed by atoms with Crippen LogP contribution in [0, 0.1) is 11.3 Å². The van der Waals surface area contributed by atoms with Gasteiger partial charge in [0, 0.05) is 12.8 Å². The summed E-state index contributed by atoms with van der Waals surface area (Å²) in [6.07, 6.45) is 1.45. The van der Waals surface area contributed by atoms with E-state index in [1.807, 2.05) is 0 Å². The highest BCUT2D eigenvalue weighted by Crippen LogP contribution is 2.20. The maximum Gasteiger partial charge on any atom is 0.133 e. The molecule has 1 heteroatoms. The van der Waals surface area contributed by atoms with Gasteiger partial charge in [0.15, 0.2) is 0 Å². The highest BCUT2D eigenvalue weighted by Gasteiger charge is 2.16. The van der Waals surface area contributed by atoms with E-state index in [0.717, 1.165) is 6.42 Å². The molecule has 0 aromatic carbocycles. The van der Waals surface area contributed by atoms with Gasteiger partial charge in [-0.25, -0.2) is 0 Å². The minimum atomic E-state index is 0.159. The third kappa shape index (κ3) is 7.57. The molecule has 0 radical (unpaired) electrons. The first-order chi connectivity index (χ1) is 4.81. The molecule has 11 heavy (non-hydrogen) atoms. The predicted molar refractivity (Wildman–Crippen MR) is 48.5 cm³/mol. The van der Waals surface area contributed by atoms with Gasteiger partial charge >= 0.3 is 0 Å². The molecule has 0 aliphatic heterocycles. The molecule has 66 valence electrons. The van der Waals surface area contributed by atoms with Crippen molar-refractivity contribution in [2.24, 2.45) is 11.3 Å². The molecule has 0 bridgehead atoms. The summed E-state index contributed by atoms with van der Waals surface area (Å²) in [5, 5.41) is 0. The zero-order valence-corrected chi connectivity index (χ0v) is 8.40. The Hall–Kier alpha value is -0.330. The molecular formula is C10H20O. The van der Waals surface area contributed by atoms with E-state index in [1.165, 1.54) is 0 Å². The first kappa shape index (κ1) is 10.7. The quantitative estimate of drug-likeness (QED) is 0.614. The highest BCUT2D eigenvalue weighted by molar-refractivity contribution is 5.79. The summed E-state index contributed by atoms with van der Waals surface area (Å²) < 4.78 is 0. The van der Waals surface area contributed by atoms with Gasteiger partial charge in [-0.05, 0) is 11.3 Å². The predicted octanol–water partition coefficient (Wildman–Crippen LogP) is 3.04. The average Bonchev–Trinajstić information content (AvgIpc) is 1.53. The topological polar surface area (TPSA) is 17.1 Å². The summed E-state index contributed by atoms with van der Waals surface area (Å²) in [5.74, 6) is 0.900. The van der Waals surface area contributed by atoms with E-state index in [4.69, 9.17) is 0 Å². The smallest absolute Gasteiger partial charge is 0.133 e. The lowest BCUT2D eigenvalue weighted by molar-refractivity contribution is -0.121. The number of ketones is 1. The molecule has 0 aliphatic rings. The second kappa shape index (κ2) is 3.89. The lowest BCUT2D eigenvalue weighted by atomic mass is 9.87. The second-order valence-electron chi connectivity index (χ2n) is 4.87. The van der Waals surface area contributed by atoms with Crippen molar-refractivity contribution < 1.29 is 4.79 Å². The van der Waals surface area contributed by atoms with Crippen LogP contribution in [0.3, 0.4) is 0 Å². The Bertz CT molecular complexity index is 128. The van der Waals surface area contributed by atoms with Crippen LogP contribution in [0.15, 0.2) is 0 Å². The van der Waals surface area contributed by atoms with Crippen LogP contribution >= 0.6 is 0 Å². The van der Waals surface area contributed by atoms with E-state index in [2.05, 4.69) is 34.6 Å². The zero-order valence-electron chi connectivity index (χ0n) is 8.40. The van der Waals surface area contributed by atoms with E-state index in [1.54, 1.807) is 0 Å². The molecule has 0 N–H and O–H groups in total. The maximum atomic E-state index is 11.3. The number of carbonyl (C=O) groups is 1. The summed E-state index contributed by atoms with van der Waals surface area (Å²) in [6.45, 7) is 10.5. The number of rotatable bonds is 3. The van der Waals surface area contributed by atoms with E-state index < -0.39 is 0 Å². The summed E-state index contributed by atoms with van der Waals surface area (Å²) >= 11 is 0. The monoisotopic (exact) mass is 156 g/mol. The fraction of sp³-hybridized carbons (Fsp3) is 0.900. The lowest BCUT2D eigenvalue weighted by Gasteiger charge is -2.17. The molecule has 0 heterocycles. The van der Waals surface area contributed by atoms with Crippen molar-refractivity contribution in [3.63, 3.8) is 0 Å². The zero-order chi connectivity index (χ0) is 9.07. The number of carbonyl (C=O) groups excluding carboxylic acids is 1. The fourth-order valence-corrected chi connectivity index (χ4v) is 1.12. The SMILES string of the molecule is CC(C)CC(=O)CC(C)(C)C. The Balaban J connectivity index is 3.71. The lowest BCUT2D eigenvalue weighted by Crippen LogP contribution is -2.14. The largest absolute Gasteiger partial charge is 0.300 e. The van der Waals surface area contributed by atoms with Gasteiger partial charge in [0.1, 0.15) is 5.78 Å². The number of Topliss-reactive ketones (excluding diaryl/α,β-unsaturated/α-hetero) is 1. The Kier molecular flexibility index (Phi) is 3.77. The first-order valence-electron chi connectivity index (χ1n) is 4.33. The van der Waals surface area contributed by atoms with Crippen LogP contribution in [-0.2, 0) is 4.79 Å². The molecule has 0 aromatic heterocycles. The normalized spacial score (nSPS) is 12.2. The van der Waals surface area contributed by atoms with Crippen LogP contribution in [0.5, 0.6) is 0 Å². The average molecular weight is 156 g/mol. The van der Waals surface area contributed by atoms with Gasteiger partial charge < -0.3 is 0 Å². The van der Waals surface area contributed by atoms with Crippen LogP contribution in [0.25, 0.3) is 0 Å². The minimum Gasteiger partial charge on any atom is -0.300 e. The minimum absolute atomic E-state index is 0.159. The van der Waals surface area contributed by atoms with Crippen LogP contribution in [0.1, 0.15) is 47.5 Å². The summed E-state index contributed by atoms with van der Waals surface area (Å²) in [7, 11) is 0. The van der Waals surface area contributed by atoms with Gasteiger partial charge in [-0.3, -0.25) is 4.79 Å². The molecule has 0 aromatic rings. The van der Waals surface area contributed by atoms with Crippen LogP contribution in [0.2, 0.25) is 0 Å². The van der Waals surface area contributed by atoms with Crippen molar-refractivity contribution in [2.75, 3.05) is 0 Å². The Morgan fingerprint density at radius 1 is 1.27 bits per heavy atom. The van der Waals surface area contributed by atoms with Gasteiger partial charge in [0.05, 0.1) is 0 Å². The number of hydrogen-bond acceptors (Lipinski definition) is 1. The van der Waals surface area contributed by atoms with Crippen LogP contribution < -0.4 is 0 Å². The number of hydrogen-bond donors (Lipinski definition) is 0. The Morgan fingerprint density at radius 2 is 1.73 bits per heavy atom. The van der Waals surface area contributed by atoms with Gasteiger partial charge in [0.25, 0.3) is 0 Å². The maximum absolute atomic E-state index is 11.3. The molecule has 0 fully saturated rings. The van der Waals surface area contributed by atoms with Gasteiger partial charge in [-0.1, -0.05) is 34.6 Å². The third-order valence-corrected chi connectivity index (χ3v) is 1.36. The van der Waals surface area contributed by atoms with Crippen molar-refractivity contribution in [3.8, 4) is 0 Å². The Labute approximate surface area is 70.2 Å². The summed E-state index contributed by atoms with van der Waals surface area (Å²) in [5.41, 5.74) is 0.159. The molecular weight excluding hydrogens is 136 g/mol. The molecule has 0 atom stereocenters. The molecule has 0 saturated carbocycles. The van der Waals surface area contributed by atoms with E-state index >= 15 is 0 Å². The van der Waals surface area contributed by atoms with Crippen LogP contribution in [0.4, 0.5) is 0 Å². The summed E-state index contributed by atoms with van der Waals surface area (Å²) in [6, 6.07) is 0. The van der Waals surface area contributed by atoms with Crippen molar-refractivity contribution in [2.45, 2.75) is 47.5 Å². The molecule has 0 spiro atoms. The van der Waals surface area contributed by atoms with Crippen molar-refractivity contribution >= 4 is 5.78 Å². The molecule has 1 nitrogen and oxygen atoms in total. The third-order valence-electron chi connectivity index (χ3n) is 1.36. The van der Waals surface area contributed by atoms with E-state index in [9.17, 15) is 4.79 Å². The first-order valence-corrected chi connectivity index (χ1v) is 4.33. The highest BCUT2D eigenvalue weighted by atomic mass is 16.1. The van der Waals surface area contributed by atoms with E-state index in [-0.39, 0.29) is 5.41 Å². The molecule has 0 rings (SSSR count). The standard InChI is InChI=1S/C10H20O/c1-8(2)6-9(11)7-10(3,4)5/h8H,6-7H2,1-5H3. The molecule has 0 amide bonds. The fourth-order valence-electron chi connectivity index (χ4n) is 1.12. The van der Waals surface area contributed by atoms with Gasteiger partial charge in [-0.15, -0.1) is 0 Å². The van der Waals surface area contributed by atoms with Crippen LogP contribution in [-0.4, -0.2) is 5.78 Å². The van der Waals surface area contributed by atoms with E-state index in [0.29, 0.717) is 18.1 Å². The van der Waals surface area contributed by atoms with Gasteiger partial charge in [0.2, 0.25) is 0 Å². The van der Waals surface area contributed by atoms with Crippen molar-refractivity contribution in [3.05, 3.63) is 0 Å². The van der Waals surface area contributed by atoms with Crippen molar-refractivity contribution in [1.29, 1.82) is 0 Å². The molecule has 0 saturated heterocycles. The van der Waals surface area contributed by atoms with Crippen molar-refractivity contribution in [1.82, 2.24) is 0 Å². The Morgan fingerprint density at radius 3 is 2.00 bits per heavy atom. The summed E-state index contributed by atoms with van der Waals surface area (Å²) in [4.78, 5) is 11.3.